The summed E-state index contributed by atoms with van der Waals surface area (Å²) in [5, 5.41) is 12.6. The van der Waals surface area contributed by atoms with Crippen LogP contribution in [0.1, 0.15) is 13.8 Å². The number of carbonyl (C=O) groups is 1. The van der Waals surface area contributed by atoms with Gasteiger partial charge in [0, 0.05) is 31.5 Å². The second kappa shape index (κ2) is 8.08. The maximum Gasteiger partial charge on any atom is 0.354 e. The molecule has 0 saturated carbocycles. The zero-order valence-electron chi connectivity index (χ0n) is 14.4. The van der Waals surface area contributed by atoms with E-state index in [1.54, 1.807) is 6.07 Å². The quantitative estimate of drug-likeness (QED) is 0.214. The van der Waals surface area contributed by atoms with Crippen LogP contribution in [0.5, 0.6) is 0 Å². The Morgan fingerprint density at radius 1 is 1.00 bits per heavy atom. The molecule has 0 bridgehead atoms. The molecule has 1 heterocycles. The van der Waals surface area contributed by atoms with Crippen molar-refractivity contribution < 1.29 is 38.4 Å². The van der Waals surface area contributed by atoms with Crippen LogP contribution >= 0.6 is 0 Å². The molecule has 141 valence electrons. The molecule has 27 heavy (non-hydrogen) atoms. The summed E-state index contributed by atoms with van der Waals surface area (Å²) in [5.74, 6) is -0.0625. The third-order valence-corrected chi connectivity index (χ3v) is 4.44. The summed E-state index contributed by atoms with van der Waals surface area (Å²) < 4.78 is 30.7. The number of benzene rings is 3. The van der Waals surface area contributed by atoms with E-state index in [1.165, 1.54) is 19.9 Å². The Morgan fingerprint density at radius 3 is 2.19 bits per heavy atom. The van der Waals surface area contributed by atoms with Crippen LogP contribution in [0.4, 0.5) is 0 Å². The smallest absolute Gasteiger partial charge is 0.354 e. The number of aliphatic hydroxyl groups is 1. The summed E-state index contributed by atoms with van der Waals surface area (Å²) in [6.45, 7) is 2.85. The van der Waals surface area contributed by atoms with Gasteiger partial charge in [-0.05, 0) is 19.2 Å². The zero-order valence-corrected chi connectivity index (χ0v) is 17.6. The topological polar surface area (TPSA) is 96.2 Å². The number of hydrogen-bond acceptors (Lipinski definition) is 4. The van der Waals surface area contributed by atoms with Crippen LogP contribution in [0, 0.1) is 6.07 Å². The molecule has 1 aliphatic heterocycles. The van der Waals surface area contributed by atoms with Crippen LogP contribution < -0.4 is 10.7 Å². The van der Waals surface area contributed by atoms with Gasteiger partial charge in [-0.1, -0.05) is 35.0 Å². The number of allylic oxidation sites excluding steroid dienone is 2. The van der Waals surface area contributed by atoms with Crippen LogP contribution in [0.2, 0.25) is 0 Å². The summed E-state index contributed by atoms with van der Waals surface area (Å²) in [6, 6.07) is 16.2. The van der Waals surface area contributed by atoms with Gasteiger partial charge in [0.25, 0.3) is 0 Å². The van der Waals surface area contributed by atoms with Crippen molar-refractivity contribution in [1.82, 2.24) is 0 Å². The molecule has 0 fully saturated rings. The van der Waals surface area contributed by atoms with Crippen molar-refractivity contribution in [1.29, 1.82) is 0 Å². The fourth-order valence-corrected chi connectivity index (χ4v) is 3.62. The van der Waals surface area contributed by atoms with Gasteiger partial charge in [0.15, 0.2) is 5.78 Å². The van der Waals surface area contributed by atoms with Crippen LogP contribution in [0.3, 0.4) is 0 Å². The number of carbonyl (C=O) groups excluding carboxylic acids is 1. The van der Waals surface area contributed by atoms with Crippen molar-refractivity contribution in [3.63, 3.8) is 0 Å². The standard InChI is InChI=1S/C14H7N2O2S.C5H8O2.Ir/c17-19(18)15-13-11-7-3-1-5-9(11)10-6-2-4-8-12(10)14(13)16-19;1-4(6)3-5(2)7;/h1-7H;3,6H,1-2H3;/q-1;;/b;4-3-;. The zero-order chi connectivity index (χ0) is 18.9. The minimum atomic E-state index is -3.76. The van der Waals surface area contributed by atoms with E-state index in [-0.39, 0.29) is 31.6 Å². The van der Waals surface area contributed by atoms with Crippen molar-refractivity contribution in [2.45, 2.75) is 13.8 Å². The molecule has 0 aliphatic carbocycles. The van der Waals surface area contributed by atoms with Gasteiger partial charge in [0.2, 0.25) is 0 Å². The summed E-state index contributed by atoms with van der Waals surface area (Å²) in [4.78, 5) is 10.0. The molecular formula is C19H15IrN2O4S-. The minimum Gasteiger partial charge on any atom is -0.512 e. The van der Waals surface area contributed by atoms with E-state index < -0.39 is 10.2 Å². The molecule has 4 rings (SSSR count). The summed E-state index contributed by atoms with van der Waals surface area (Å²) in [5.41, 5.74) is 0. The number of aliphatic hydroxyl groups excluding tert-OH is 1. The normalized spacial score (nSPS) is 14.2. The van der Waals surface area contributed by atoms with Gasteiger partial charge in [-0.3, -0.25) is 4.79 Å². The van der Waals surface area contributed by atoms with Gasteiger partial charge in [-0.15, -0.1) is 29.7 Å². The maximum atomic E-state index is 11.6. The molecule has 0 atom stereocenters. The molecule has 1 N–H and O–H groups in total. The maximum absolute atomic E-state index is 11.6. The van der Waals surface area contributed by atoms with E-state index in [2.05, 4.69) is 14.9 Å². The largest absolute Gasteiger partial charge is 0.512 e. The molecule has 3 aromatic rings. The Kier molecular flexibility index (Phi) is 6.26. The van der Waals surface area contributed by atoms with Gasteiger partial charge in [0.1, 0.15) is 0 Å². The molecule has 0 unspecified atom stereocenters. The Morgan fingerprint density at radius 2 is 1.59 bits per heavy atom. The van der Waals surface area contributed by atoms with Crippen molar-refractivity contribution in [2.24, 2.45) is 8.80 Å². The predicted molar refractivity (Wildman–Crippen MR) is 98.6 cm³/mol. The molecule has 0 amide bonds. The van der Waals surface area contributed by atoms with E-state index >= 15 is 0 Å². The number of fused-ring (bicyclic) bond motifs is 6. The monoisotopic (exact) mass is 560 g/mol. The average Bonchev–Trinajstić information content (AvgIpc) is 2.90. The first-order valence-corrected chi connectivity index (χ1v) is 9.12. The van der Waals surface area contributed by atoms with E-state index in [9.17, 15) is 13.2 Å². The number of rotatable bonds is 1. The van der Waals surface area contributed by atoms with Gasteiger partial charge in [-0.25, -0.2) is 0 Å². The van der Waals surface area contributed by atoms with E-state index in [0.29, 0.717) is 16.1 Å². The first kappa shape index (κ1) is 20.9. The average molecular weight is 560 g/mol. The SMILES string of the molecule is CC(=O)/C=C(/C)O.O=S1(=O)N=c2c(c3ccccc3c3ccc[c-]c23)=N1.[Ir]. The molecule has 0 spiro atoms. The van der Waals surface area contributed by atoms with Crippen molar-refractivity contribution in [3.8, 4) is 0 Å². The third kappa shape index (κ3) is 4.47. The van der Waals surface area contributed by atoms with Crippen molar-refractivity contribution in [2.75, 3.05) is 0 Å². The molecular weight excluding hydrogens is 545 g/mol. The second-order valence-corrected chi connectivity index (χ2v) is 6.99. The molecule has 3 aromatic carbocycles. The minimum absolute atomic E-state index is 0. The van der Waals surface area contributed by atoms with E-state index in [4.69, 9.17) is 5.11 Å². The summed E-state index contributed by atoms with van der Waals surface area (Å²) in [7, 11) is -3.76. The van der Waals surface area contributed by atoms with Crippen molar-refractivity contribution >= 4 is 37.5 Å². The summed E-state index contributed by atoms with van der Waals surface area (Å²) in [6.07, 6.45) is 1.17. The first-order chi connectivity index (χ1) is 12.3. The second-order valence-electron chi connectivity index (χ2n) is 5.73. The molecule has 8 heteroatoms. The van der Waals surface area contributed by atoms with Gasteiger partial charge in [-0.2, -0.15) is 17.2 Å². The number of hydrogen-bond donors (Lipinski definition) is 1. The van der Waals surface area contributed by atoms with Crippen LogP contribution in [0.15, 0.2) is 63.1 Å². The third-order valence-electron chi connectivity index (χ3n) is 3.62. The molecule has 1 radical (unpaired) electrons. The Hall–Kier alpha value is -2.41. The van der Waals surface area contributed by atoms with E-state index in [1.807, 2.05) is 36.4 Å². The molecule has 0 aromatic heterocycles. The predicted octanol–water partition coefficient (Wildman–Crippen LogP) is 2.33. The number of ketones is 1. The van der Waals surface area contributed by atoms with Crippen LogP contribution in [-0.4, -0.2) is 19.3 Å². The molecule has 6 nitrogen and oxygen atoms in total. The van der Waals surface area contributed by atoms with Gasteiger partial charge >= 0.3 is 10.2 Å². The molecule has 1 aliphatic rings. The fraction of sp³-hybridized carbons (Fsp3) is 0.105. The van der Waals surface area contributed by atoms with Gasteiger partial charge in [0.05, 0.1) is 11.1 Å². The Bertz CT molecular complexity index is 1210. The number of nitrogens with zero attached hydrogens (tertiary/aromatic N) is 2. The van der Waals surface area contributed by atoms with Gasteiger partial charge < -0.3 is 5.11 Å². The summed E-state index contributed by atoms with van der Waals surface area (Å²) >= 11 is 0. The fourth-order valence-electron chi connectivity index (χ4n) is 2.75. The molecule has 0 saturated heterocycles. The van der Waals surface area contributed by atoms with E-state index in [0.717, 1.165) is 16.2 Å². The first-order valence-electron chi connectivity index (χ1n) is 7.72. The van der Waals surface area contributed by atoms with Crippen molar-refractivity contribution in [3.05, 3.63) is 71.1 Å². The Balaban J connectivity index is 0.000000285. The van der Waals surface area contributed by atoms with Crippen LogP contribution in [0.25, 0.3) is 21.5 Å². The Labute approximate surface area is 169 Å². The van der Waals surface area contributed by atoms with Crippen LogP contribution in [-0.2, 0) is 35.1 Å².